The van der Waals surface area contributed by atoms with Crippen LogP contribution in [0, 0.1) is 13.8 Å². The molecule has 132 valence electrons. The molecule has 0 saturated carbocycles. The van der Waals surface area contributed by atoms with Crippen LogP contribution in [0.25, 0.3) is 0 Å². The molecule has 3 rings (SSSR count). The highest BCUT2D eigenvalue weighted by atomic mass is 35.5. The van der Waals surface area contributed by atoms with Crippen molar-refractivity contribution in [2.75, 3.05) is 31.1 Å². The molecule has 25 heavy (non-hydrogen) atoms. The first-order valence-electron chi connectivity index (χ1n) is 8.34. The lowest BCUT2D eigenvalue weighted by Crippen LogP contribution is -2.51. The zero-order valence-corrected chi connectivity index (χ0v) is 15.3. The molecule has 0 bridgehead atoms. The van der Waals surface area contributed by atoms with E-state index in [1.54, 1.807) is 6.20 Å². The summed E-state index contributed by atoms with van der Waals surface area (Å²) in [6.07, 6.45) is 3.46. The largest absolute Gasteiger partial charge is 0.353 e. The fourth-order valence-electron chi connectivity index (χ4n) is 2.78. The topological polar surface area (TPSA) is 61.4 Å². The van der Waals surface area contributed by atoms with Crippen LogP contribution in [0.2, 0.25) is 5.02 Å². The molecule has 0 unspecified atom stereocenters. The maximum absolute atomic E-state index is 12.4. The second-order valence-corrected chi connectivity index (χ2v) is 6.65. The first-order chi connectivity index (χ1) is 12.0. The fraction of sp³-hybridized carbons (Fsp3) is 0.389. The highest BCUT2D eigenvalue weighted by molar-refractivity contribution is 6.30. The monoisotopic (exact) mass is 359 g/mol. The molecule has 0 spiro atoms. The van der Waals surface area contributed by atoms with Crippen LogP contribution in [0.3, 0.4) is 0 Å². The average Bonchev–Trinajstić information content (AvgIpc) is 2.63. The van der Waals surface area contributed by atoms with Crippen molar-refractivity contribution < 1.29 is 4.79 Å². The van der Waals surface area contributed by atoms with Gasteiger partial charge in [0.1, 0.15) is 5.82 Å². The van der Waals surface area contributed by atoms with Gasteiger partial charge in [-0.15, -0.1) is 0 Å². The Kier molecular flexibility index (Phi) is 5.38. The Balaban J connectivity index is 1.49. The number of nitrogens with one attached hydrogen (secondary N) is 1. The summed E-state index contributed by atoms with van der Waals surface area (Å²) in [4.78, 5) is 25.0. The number of carbonyl (C=O) groups excluding carboxylic acids is 1. The molecule has 1 aliphatic heterocycles. The molecule has 0 aromatic carbocycles. The molecule has 0 atom stereocenters. The molecule has 6 nitrogen and oxygen atoms in total. The van der Waals surface area contributed by atoms with Gasteiger partial charge in [0.2, 0.25) is 0 Å². The Morgan fingerprint density at radius 2 is 1.92 bits per heavy atom. The van der Waals surface area contributed by atoms with Gasteiger partial charge < -0.3 is 15.1 Å². The predicted octanol–water partition coefficient (Wildman–Crippen LogP) is 2.78. The van der Waals surface area contributed by atoms with E-state index in [4.69, 9.17) is 11.6 Å². The number of rotatable bonds is 3. The molecule has 2 aromatic heterocycles. The molecule has 1 saturated heterocycles. The molecule has 1 fully saturated rings. The van der Waals surface area contributed by atoms with E-state index in [1.165, 1.54) is 0 Å². The lowest BCUT2D eigenvalue weighted by Gasteiger charge is -2.35. The van der Waals surface area contributed by atoms with Gasteiger partial charge in [0.05, 0.1) is 5.02 Å². The highest BCUT2D eigenvalue weighted by Crippen LogP contribution is 2.16. The first kappa shape index (κ1) is 17.5. The summed E-state index contributed by atoms with van der Waals surface area (Å²) < 4.78 is 0. The number of aryl methyl sites for hydroxylation is 2. The third-order valence-electron chi connectivity index (χ3n) is 4.44. The third kappa shape index (κ3) is 4.39. The quantitative estimate of drug-likeness (QED) is 0.915. The smallest absolute Gasteiger partial charge is 0.317 e. The van der Waals surface area contributed by atoms with Crippen LogP contribution >= 0.6 is 11.6 Å². The van der Waals surface area contributed by atoms with Gasteiger partial charge in [0.15, 0.2) is 0 Å². The van der Waals surface area contributed by atoms with Crippen LogP contribution in [-0.2, 0) is 6.54 Å². The molecule has 1 N–H and O–H groups in total. The van der Waals surface area contributed by atoms with Gasteiger partial charge >= 0.3 is 6.03 Å². The maximum atomic E-state index is 12.4. The van der Waals surface area contributed by atoms with Crippen molar-refractivity contribution in [3.05, 3.63) is 52.4 Å². The van der Waals surface area contributed by atoms with E-state index in [-0.39, 0.29) is 6.03 Å². The van der Waals surface area contributed by atoms with Crippen LogP contribution in [-0.4, -0.2) is 47.1 Å². The van der Waals surface area contributed by atoms with Crippen molar-refractivity contribution in [1.29, 1.82) is 0 Å². The Morgan fingerprint density at radius 1 is 1.16 bits per heavy atom. The van der Waals surface area contributed by atoms with E-state index >= 15 is 0 Å². The molecule has 7 heteroatoms. The van der Waals surface area contributed by atoms with Gasteiger partial charge in [-0.1, -0.05) is 17.7 Å². The normalized spacial score (nSPS) is 14.5. The second kappa shape index (κ2) is 7.70. The SMILES string of the molecule is Cc1cc(CNC(=O)N2CCN(c3ccc(Cl)cn3)CC2)cnc1C. The van der Waals surface area contributed by atoms with E-state index in [0.717, 1.165) is 35.7 Å². The van der Waals surface area contributed by atoms with Gasteiger partial charge in [0, 0.05) is 50.8 Å². The molecule has 1 aliphatic rings. The molecule has 0 aliphatic carbocycles. The number of halogens is 1. The van der Waals surface area contributed by atoms with E-state index in [2.05, 4.69) is 26.3 Å². The average molecular weight is 360 g/mol. The Labute approximate surface area is 152 Å². The minimum absolute atomic E-state index is 0.0399. The van der Waals surface area contributed by atoms with Crippen LogP contribution in [0.4, 0.5) is 10.6 Å². The van der Waals surface area contributed by atoms with Crippen molar-refractivity contribution in [2.45, 2.75) is 20.4 Å². The number of anilines is 1. The molecular weight excluding hydrogens is 338 g/mol. The number of amides is 2. The highest BCUT2D eigenvalue weighted by Gasteiger charge is 2.21. The summed E-state index contributed by atoms with van der Waals surface area (Å²) in [6, 6.07) is 5.76. The van der Waals surface area contributed by atoms with Crippen molar-refractivity contribution in [3.8, 4) is 0 Å². The second-order valence-electron chi connectivity index (χ2n) is 6.21. The Morgan fingerprint density at radius 3 is 2.56 bits per heavy atom. The summed E-state index contributed by atoms with van der Waals surface area (Å²) in [5, 5.41) is 3.60. The lowest BCUT2D eigenvalue weighted by atomic mass is 10.1. The van der Waals surface area contributed by atoms with Gasteiger partial charge in [-0.3, -0.25) is 4.98 Å². The summed E-state index contributed by atoms with van der Waals surface area (Å²) in [6.45, 7) is 7.35. The van der Waals surface area contributed by atoms with E-state index in [9.17, 15) is 4.79 Å². The maximum Gasteiger partial charge on any atom is 0.317 e. The Hall–Kier alpha value is -2.34. The lowest BCUT2D eigenvalue weighted by molar-refractivity contribution is 0.194. The van der Waals surface area contributed by atoms with Crippen molar-refractivity contribution in [1.82, 2.24) is 20.2 Å². The molecule has 2 amide bonds. The van der Waals surface area contributed by atoms with Crippen molar-refractivity contribution in [3.63, 3.8) is 0 Å². The molecule has 3 heterocycles. The first-order valence-corrected chi connectivity index (χ1v) is 8.72. The van der Waals surface area contributed by atoms with Crippen molar-refractivity contribution in [2.24, 2.45) is 0 Å². The molecular formula is C18H22ClN5O. The summed E-state index contributed by atoms with van der Waals surface area (Å²) >= 11 is 5.87. The standard InChI is InChI=1S/C18H22ClN5O/c1-13-9-15(10-20-14(13)2)11-22-18(25)24-7-5-23(6-8-24)17-4-3-16(19)12-21-17/h3-4,9-10,12H,5-8,11H2,1-2H3,(H,22,25). The van der Waals surface area contributed by atoms with Crippen LogP contribution in [0.1, 0.15) is 16.8 Å². The van der Waals surface area contributed by atoms with E-state index < -0.39 is 0 Å². The third-order valence-corrected chi connectivity index (χ3v) is 4.67. The minimum atomic E-state index is -0.0399. The van der Waals surface area contributed by atoms with Crippen LogP contribution in [0.5, 0.6) is 0 Å². The van der Waals surface area contributed by atoms with Gasteiger partial charge in [-0.25, -0.2) is 9.78 Å². The summed E-state index contributed by atoms with van der Waals surface area (Å²) in [5.41, 5.74) is 3.17. The number of urea groups is 1. The summed E-state index contributed by atoms with van der Waals surface area (Å²) in [5.74, 6) is 0.894. The summed E-state index contributed by atoms with van der Waals surface area (Å²) in [7, 11) is 0. The minimum Gasteiger partial charge on any atom is -0.353 e. The van der Waals surface area contributed by atoms with Crippen LogP contribution in [0.15, 0.2) is 30.6 Å². The zero-order chi connectivity index (χ0) is 17.8. The molecule has 0 radical (unpaired) electrons. The van der Waals surface area contributed by atoms with Gasteiger partial charge in [0.25, 0.3) is 0 Å². The van der Waals surface area contributed by atoms with E-state index in [0.29, 0.717) is 24.7 Å². The van der Waals surface area contributed by atoms with E-state index in [1.807, 2.05) is 37.1 Å². The number of hydrogen-bond donors (Lipinski definition) is 1. The number of aromatic nitrogens is 2. The Bertz CT molecular complexity index is 742. The van der Waals surface area contributed by atoms with Crippen LogP contribution < -0.4 is 10.2 Å². The zero-order valence-electron chi connectivity index (χ0n) is 14.5. The molecule has 2 aromatic rings. The predicted molar refractivity (Wildman–Crippen MR) is 99.0 cm³/mol. The van der Waals surface area contributed by atoms with Gasteiger partial charge in [-0.05, 0) is 37.1 Å². The number of piperazine rings is 1. The number of nitrogens with zero attached hydrogens (tertiary/aromatic N) is 4. The van der Waals surface area contributed by atoms with Gasteiger partial charge in [-0.2, -0.15) is 0 Å². The van der Waals surface area contributed by atoms with Crippen molar-refractivity contribution >= 4 is 23.4 Å². The fourth-order valence-corrected chi connectivity index (χ4v) is 2.89. The number of carbonyl (C=O) groups is 1. The number of hydrogen-bond acceptors (Lipinski definition) is 4. The number of pyridine rings is 2.